The Bertz CT molecular complexity index is 990. The molecule has 1 saturated heterocycles. The second-order valence-electron chi connectivity index (χ2n) is 6.43. The molecule has 1 aliphatic heterocycles. The molecule has 1 fully saturated rings. The highest BCUT2D eigenvalue weighted by Gasteiger charge is 2.25. The van der Waals surface area contributed by atoms with Gasteiger partial charge in [0, 0.05) is 50.3 Å². The van der Waals surface area contributed by atoms with E-state index in [4.69, 9.17) is 4.74 Å². The minimum Gasteiger partial charge on any atom is -0.497 e. The highest BCUT2D eigenvalue weighted by molar-refractivity contribution is 5.96. The van der Waals surface area contributed by atoms with Gasteiger partial charge < -0.3 is 18.9 Å². The van der Waals surface area contributed by atoms with E-state index in [-0.39, 0.29) is 11.8 Å². The maximum absolute atomic E-state index is 12.8. The number of ether oxygens (including phenoxy) is 1. The van der Waals surface area contributed by atoms with Gasteiger partial charge in [0.1, 0.15) is 11.4 Å². The Labute approximate surface area is 156 Å². The summed E-state index contributed by atoms with van der Waals surface area (Å²) >= 11 is 0. The summed E-state index contributed by atoms with van der Waals surface area (Å²) in [5, 5.41) is 0. The summed E-state index contributed by atoms with van der Waals surface area (Å²) in [6, 6.07) is 10.7. The van der Waals surface area contributed by atoms with Crippen LogP contribution in [0.2, 0.25) is 0 Å². The fourth-order valence-corrected chi connectivity index (χ4v) is 3.28. The van der Waals surface area contributed by atoms with Gasteiger partial charge in [-0.3, -0.25) is 9.59 Å². The van der Waals surface area contributed by atoms with Gasteiger partial charge >= 0.3 is 0 Å². The van der Waals surface area contributed by atoms with Crippen molar-refractivity contribution in [3.8, 4) is 5.75 Å². The van der Waals surface area contributed by atoms with Crippen LogP contribution in [0, 0.1) is 0 Å². The van der Waals surface area contributed by atoms with Crippen molar-refractivity contribution in [2.24, 2.45) is 0 Å². The van der Waals surface area contributed by atoms with Gasteiger partial charge in [0.05, 0.1) is 12.7 Å². The topological polar surface area (TPSA) is 67.2 Å². The lowest BCUT2D eigenvalue weighted by atomic mass is 10.1. The molecule has 2 amide bonds. The van der Waals surface area contributed by atoms with Crippen molar-refractivity contribution in [3.05, 3.63) is 66.1 Å². The fourth-order valence-electron chi connectivity index (χ4n) is 3.28. The molecule has 3 heterocycles. The van der Waals surface area contributed by atoms with Gasteiger partial charge in [-0.1, -0.05) is 6.07 Å². The molecule has 7 heteroatoms. The average Bonchev–Trinajstić information content (AvgIpc) is 3.20. The number of nitrogens with zero attached hydrogens (tertiary/aromatic N) is 4. The van der Waals surface area contributed by atoms with E-state index in [2.05, 4.69) is 4.98 Å². The third kappa shape index (κ3) is 3.36. The largest absolute Gasteiger partial charge is 0.497 e. The zero-order valence-corrected chi connectivity index (χ0v) is 15.0. The molecule has 7 nitrogen and oxygen atoms in total. The molecule has 0 bridgehead atoms. The molecule has 0 atom stereocenters. The van der Waals surface area contributed by atoms with Crippen LogP contribution >= 0.6 is 0 Å². The minimum atomic E-state index is -0.0409. The first-order chi connectivity index (χ1) is 13.2. The summed E-state index contributed by atoms with van der Waals surface area (Å²) in [6.07, 6.45) is 5.31. The third-order valence-electron chi connectivity index (χ3n) is 4.81. The van der Waals surface area contributed by atoms with Crippen LogP contribution in [-0.2, 0) is 0 Å². The number of aromatic nitrogens is 2. The van der Waals surface area contributed by atoms with E-state index < -0.39 is 0 Å². The number of fused-ring (bicyclic) bond motifs is 1. The summed E-state index contributed by atoms with van der Waals surface area (Å²) in [4.78, 5) is 33.2. The summed E-state index contributed by atoms with van der Waals surface area (Å²) in [7, 11) is 1.58. The number of hydrogen-bond acceptors (Lipinski definition) is 4. The predicted molar refractivity (Wildman–Crippen MR) is 100.0 cm³/mol. The van der Waals surface area contributed by atoms with Gasteiger partial charge in [0.2, 0.25) is 0 Å². The zero-order chi connectivity index (χ0) is 18.8. The third-order valence-corrected chi connectivity index (χ3v) is 4.81. The van der Waals surface area contributed by atoms with Crippen molar-refractivity contribution in [1.82, 2.24) is 19.2 Å². The van der Waals surface area contributed by atoms with Gasteiger partial charge in [0.25, 0.3) is 11.8 Å². The number of pyridine rings is 1. The van der Waals surface area contributed by atoms with Crippen LogP contribution in [0.1, 0.15) is 20.7 Å². The summed E-state index contributed by atoms with van der Waals surface area (Å²) in [5.41, 5.74) is 2.02. The monoisotopic (exact) mass is 364 g/mol. The van der Waals surface area contributed by atoms with E-state index >= 15 is 0 Å². The SMILES string of the molecule is COc1cccc(C(=O)N2CCN(C(=O)c3ccc4nccn4c3)CC2)c1. The van der Waals surface area contributed by atoms with Crippen molar-refractivity contribution in [2.45, 2.75) is 0 Å². The number of carbonyl (C=O) groups is 2. The van der Waals surface area contributed by atoms with E-state index in [0.29, 0.717) is 43.1 Å². The highest BCUT2D eigenvalue weighted by atomic mass is 16.5. The van der Waals surface area contributed by atoms with Gasteiger partial charge in [-0.2, -0.15) is 0 Å². The number of piperazine rings is 1. The van der Waals surface area contributed by atoms with Gasteiger partial charge in [-0.25, -0.2) is 4.98 Å². The predicted octanol–water partition coefficient (Wildman–Crippen LogP) is 1.94. The molecule has 0 N–H and O–H groups in total. The van der Waals surface area contributed by atoms with Crippen LogP contribution in [0.15, 0.2) is 55.0 Å². The van der Waals surface area contributed by atoms with Crippen LogP contribution in [0.5, 0.6) is 5.75 Å². The van der Waals surface area contributed by atoms with Gasteiger partial charge in [-0.15, -0.1) is 0 Å². The molecular weight excluding hydrogens is 344 g/mol. The maximum atomic E-state index is 12.8. The normalized spacial score (nSPS) is 14.4. The average molecular weight is 364 g/mol. The number of imidazole rings is 1. The van der Waals surface area contributed by atoms with E-state index in [9.17, 15) is 9.59 Å². The Hall–Kier alpha value is -3.35. The molecule has 1 aromatic carbocycles. The van der Waals surface area contributed by atoms with Crippen LogP contribution in [0.3, 0.4) is 0 Å². The summed E-state index contributed by atoms with van der Waals surface area (Å²) < 4.78 is 7.01. The van der Waals surface area contributed by atoms with Crippen molar-refractivity contribution in [1.29, 1.82) is 0 Å². The number of rotatable bonds is 3. The highest BCUT2D eigenvalue weighted by Crippen LogP contribution is 2.16. The maximum Gasteiger partial charge on any atom is 0.255 e. The molecule has 1 aliphatic rings. The summed E-state index contributed by atoms with van der Waals surface area (Å²) in [6.45, 7) is 2.04. The first-order valence-electron chi connectivity index (χ1n) is 8.81. The lowest BCUT2D eigenvalue weighted by Gasteiger charge is -2.35. The second kappa shape index (κ2) is 7.11. The first kappa shape index (κ1) is 17.1. The molecule has 138 valence electrons. The molecule has 2 aromatic heterocycles. The second-order valence-corrected chi connectivity index (χ2v) is 6.43. The Morgan fingerprint density at radius 1 is 0.963 bits per heavy atom. The van der Waals surface area contributed by atoms with Crippen LogP contribution in [-0.4, -0.2) is 64.3 Å². The van der Waals surface area contributed by atoms with Crippen molar-refractivity contribution in [2.75, 3.05) is 33.3 Å². The Morgan fingerprint density at radius 2 is 1.67 bits per heavy atom. The van der Waals surface area contributed by atoms with Crippen molar-refractivity contribution in [3.63, 3.8) is 0 Å². The molecule has 0 aliphatic carbocycles. The molecule has 27 heavy (non-hydrogen) atoms. The Morgan fingerprint density at radius 3 is 2.37 bits per heavy atom. The van der Waals surface area contributed by atoms with E-state index in [0.717, 1.165) is 5.65 Å². The smallest absolute Gasteiger partial charge is 0.255 e. The molecule has 4 rings (SSSR count). The van der Waals surface area contributed by atoms with Crippen molar-refractivity contribution >= 4 is 17.5 Å². The Balaban J connectivity index is 1.42. The molecular formula is C20H20N4O3. The number of hydrogen-bond donors (Lipinski definition) is 0. The van der Waals surface area contributed by atoms with Gasteiger partial charge in [0.15, 0.2) is 0 Å². The van der Waals surface area contributed by atoms with E-state index in [1.54, 1.807) is 53.6 Å². The standard InChI is InChI=1S/C20H20N4O3/c1-27-17-4-2-3-15(13-17)19(25)22-9-11-23(12-10-22)20(26)16-5-6-18-21-7-8-24(18)14-16/h2-8,13-14H,9-12H2,1H3. The number of benzene rings is 1. The fraction of sp³-hybridized carbons (Fsp3) is 0.250. The lowest BCUT2D eigenvalue weighted by molar-refractivity contribution is 0.0535. The zero-order valence-electron chi connectivity index (χ0n) is 15.0. The van der Waals surface area contributed by atoms with E-state index in [1.165, 1.54) is 0 Å². The lowest BCUT2D eigenvalue weighted by Crippen LogP contribution is -2.50. The van der Waals surface area contributed by atoms with Crippen molar-refractivity contribution < 1.29 is 14.3 Å². The molecule has 3 aromatic rings. The quantitative estimate of drug-likeness (QED) is 0.712. The number of carbonyl (C=O) groups excluding carboxylic acids is 2. The first-order valence-corrected chi connectivity index (χ1v) is 8.81. The van der Waals surface area contributed by atoms with Crippen LogP contribution in [0.4, 0.5) is 0 Å². The molecule has 0 radical (unpaired) electrons. The minimum absolute atomic E-state index is 0.0286. The van der Waals surface area contributed by atoms with Gasteiger partial charge in [-0.05, 0) is 30.3 Å². The van der Waals surface area contributed by atoms with Crippen LogP contribution in [0.25, 0.3) is 5.65 Å². The number of amides is 2. The molecule has 0 unspecified atom stereocenters. The van der Waals surface area contributed by atoms with E-state index in [1.807, 2.05) is 22.7 Å². The van der Waals surface area contributed by atoms with Crippen LogP contribution < -0.4 is 4.74 Å². The summed E-state index contributed by atoms with van der Waals surface area (Å²) in [5.74, 6) is 0.587. The number of methoxy groups -OCH3 is 1. The Kier molecular flexibility index (Phi) is 4.50. The molecule has 0 spiro atoms. The molecule has 0 saturated carbocycles.